The molecule has 28 heavy (non-hydrogen) atoms. The van der Waals surface area contributed by atoms with Gasteiger partial charge in [0, 0.05) is 41.2 Å². The molecule has 0 unspecified atom stereocenters. The van der Waals surface area contributed by atoms with Crippen molar-refractivity contribution in [2.75, 3.05) is 18.0 Å². The number of pyridine rings is 1. The minimum Gasteiger partial charge on any atom is -0.507 e. The Morgan fingerprint density at radius 1 is 0.821 bits per heavy atom. The Morgan fingerprint density at radius 3 is 2.00 bits per heavy atom. The van der Waals surface area contributed by atoms with E-state index in [1.807, 2.05) is 54.6 Å². The fourth-order valence-corrected chi connectivity index (χ4v) is 3.68. The lowest BCUT2D eigenvalue weighted by molar-refractivity contribution is 0.474. The van der Waals surface area contributed by atoms with Gasteiger partial charge in [-0.25, -0.2) is 4.98 Å². The molecule has 0 aliphatic carbocycles. The standard InChI is InChI=1S/C25H24N2O/c1-3-27(4-2)19-15-13-18(25(28)17-19)14-16-20-21-9-5-7-11-23(21)26-24-12-8-6-10-22(20)24/h5-17,28H,3-4H2,1-2H3/b16-14+. The Kier molecular flexibility index (Phi) is 4.98. The number of aromatic nitrogens is 1. The molecule has 3 heteroatoms. The predicted octanol–water partition coefficient (Wildman–Crippen LogP) is 6.11. The van der Waals surface area contributed by atoms with Crippen LogP contribution in [0.5, 0.6) is 5.75 Å². The number of hydrogen-bond donors (Lipinski definition) is 1. The molecule has 0 bridgehead atoms. The van der Waals surface area contributed by atoms with Gasteiger partial charge < -0.3 is 10.0 Å². The fraction of sp³-hybridized carbons (Fsp3) is 0.160. The van der Waals surface area contributed by atoms with E-state index < -0.39 is 0 Å². The normalized spacial score (nSPS) is 11.5. The summed E-state index contributed by atoms with van der Waals surface area (Å²) in [5.41, 5.74) is 4.91. The summed E-state index contributed by atoms with van der Waals surface area (Å²) < 4.78 is 0. The molecule has 0 saturated heterocycles. The summed E-state index contributed by atoms with van der Waals surface area (Å²) in [6.45, 7) is 6.07. The fourth-order valence-electron chi connectivity index (χ4n) is 3.68. The van der Waals surface area contributed by atoms with Crippen molar-refractivity contribution >= 4 is 39.6 Å². The molecule has 0 spiro atoms. The SMILES string of the molecule is CCN(CC)c1ccc(/C=C/c2c3ccccc3nc3ccccc23)c(O)c1. The molecular formula is C25H24N2O. The van der Waals surface area contributed by atoms with Crippen LogP contribution >= 0.6 is 0 Å². The molecule has 0 atom stereocenters. The highest BCUT2D eigenvalue weighted by Gasteiger charge is 2.08. The van der Waals surface area contributed by atoms with Gasteiger partial charge in [0.15, 0.2) is 0 Å². The largest absolute Gasteiger partial charge is 0.507 e. The van der Waals surface area contributed by atoms with Gasteiger partial charge in [-0.15, -0.1) is 0 Å². The summed E-state index contributed by atoms with van der Waals surface area (Å²) in [4.78, 5) is 6.99. The summed E-state index contributed by atoms with van der Waals surface area (Å²) in [6, 6.07) is 22.2. The van der Waals surface area contributed by atoms with Crippen molar-refractivity contribution in [2.45, 2.75) is 13.8 Å². The van der Waals surface area contributed by atoms with Gasteiger partial charge in [0.05, 0.1) is 11.0 Å². The molecule has 0 aliphatic heterocycles. The first kappa shape index (κ1) is 18.1. The van der Waals surface area contributed by atoms with Crippen molar-refractivity contribution in [1.82, 2.24) is 4.98 Å². The molecule has 0 aliphatic rings. The van der Waals surface area contributed by atoms with Crippen LogP contribution < -0.4 is 4.90 Å². The number of nitrogens with zero attached hydrogens (tertiary/aromatic N) is 2. The topological polar surface area (TPSA) is 36.4 Å². The Bertz CT molecular complexity index is 1110. The number of benzene rings is 3. The van der Waals surface area contributed by atoms with Crippen molar-refractivity contribution in [3.63, 3.8) is 0 Å². The number of fused-ring (bicyclic) bond motifs is 2. The van der Waals surface area contributed by atoms with E-state index in [-0.39, 0.29) is 0 Å². The van der Waals surface area contributed by atoms with E-state index >= 15 is 0 Å². The smallest absolute Gasteiger partial charge is 0.124 e. The maximum Gasteiger partial charge on any atom is 0.124 e. The highest BCUT2D eigenvalue weighted by atomic mass is 16.3. The lowest BCUT2D eigenvalue weighted by Crippen LogP contribution is -2.21. The summed E-state index contributed by atoms with van der Waals surface area (Å²) in [7, 11) is 0. The van der Waals surface area contributed by atoms with Gasteiger partial charge in [0.25, 0.3) is 0 Å². The first-order valence-corrected chi connectivity index (χ1v) is 9.74. The second-order valence-corrected chi connectivity index (χ2v) is 6.81. The van der Waals surface area contributed by atoms with Crippen molar-refractivity contribution in [3.05, 3.63) is 77.9 Å². The minimum atomic E-state index is 0.295. The zero-order valence-corrected chi connectivity index (χ0v) is 16.3. The second kappa shape index (κ2) is 7.73. The number of anilines is 1. The molecule has 0 radical (unpaired) electrons. The zero-order valence-electron chi connectivity index (χ0n) is 16.3. The van der Waals surface area contributed by atoms with E-state index in [0.29, 0.717) is 5.75 Å². The Labute approximate surface area is 165 Å². The van der Waals surface area contributed by atoms with E-state index in [4.69, 9.17) is 4.98 Å². The lowest BCUT2D eigenvalue weighted by atomic mass is 10.0. The van der Waals surface area contributed by atoms with E-state index in [1.54, 1.807) is 0 Å². The third-order valence-electron chi connectivity index (χ3n) is 5.20. The molecule has 1 N–H and O–H groups in total. The quantitative estimate of drug-likeness (QED) is 0.432. The van der Waals surface area contributed by atoms with E-state index in [0.717, 1.165) is 51.7 Å². The molecule has 140 valence electrons. The zero-order chi connectivity index (χ0) is 19.5. The van der Waals surface area contributed by atoms with Gasteiger partial charge in [-0.05, 0) is 43.7 Å². The van der Waals surface area contributed by atoms with Crippen LogP contribution in [0, 0.1) is 0 Å². The van der Waals surface area contributed by atoms with E-state index in [9.17, 15) is 5.11 Å². The first-order chi connectivity index (χ1) is 13.7. The van der Waals surface area contributed by atoms with Crippen LogP contribution in [0.1, 0.15) is 25.0 Å². The maximum absolute atomic E-state index is 10.5. The number of aromatic hydroxyl groups is 1. The average molecular weight is 368 g/mol. The van der Waals surface area contributed by atoms with E-state index in [2.05, 4.69) is 43.0 Å². The molecule has 0 fully saturated rings. The molecule has 1 aromatic heterocycles. The van der Waals surface area contributed by atoms with Crippen molar-refractivity contribution in [3.8, 4) is 5.75 Å². The van der Waals surface area contributed by atoms with Crippen LogP contribution in [0.4, 0.5) is 5.69 Å². The Morgan fingerprint density at radius 2 is 1.43 bits per heavy atom. The average Bonchev–Trinajstić information content (AvgIpc) is 2.73. The molecule has 4 aromatic rings. The summed E-state index contributed by atoms with van der Waals surface area (Å²) in [5, 5.41) is 12.8. The number of hydrogen-bond acceptors (Lipinski definition) is 3. The second-order valence-electron chi connectivity index (χ2n) is 6.81. The van der Waals surface area contributed by atoms with Crippen LogP contribution in [0.2, 0.25) is 0 Å². The van der Waals surface area contributed by atoms with Gasteiger partial charge >= 0.3 is 0 Å². The maximum atomic E-state index is 10.5. The van der Waals surface area contributed by atoms with E-state index in [1.165, 1.54) is 0 Å². The highest BCUT2D eigenvalue weighted by molar-refractivity contribution is 6.04. The highest BCUT2D eigenvalue weighted by Crippen LogP contribution is 2.30. The molecule has 3 nitrogen and oxygen atoms in total. The third kappa shape index (κ3) is 3.31. The van der Waals surface area contributed by atoms with Gasteiger partial charge in [-0.1, -0.05) is 48.6 Å². The summed E-state index contributed by atoms with van der Waals surface area (Å²) >= 11 is 0. The van der Waals surface area contributed by atoms with Crippen molar-refractivity contribution < 1.29 is 5.11 Å². The van der Waals surface area contributed by atoms with Crippen LogP contribution in [0.15, 0.2) is 66.7 Å². The monoisotopic (exact) mass is 368 g/mol. The minimum absolute atomic E-state index is 0.295. The molecule has 0 amide bonds. The number of phenolic OH excluding ortho intramolecular Hbond substituents is 1. The molecule has 4 rings (SSSR count). The molecule has 1 heterocycles. The molecular weight excluding hydrogens is 344 g/mol. The Hall–Kier alpha value is -3.33. The van der Waals surface area contributed by atoms with Gasteiger partial charge in [-0.3, -0.25) is 0 Å². The third-order valence-corrected chi connectivity index (χ3v) is 5.20. The number of para-hydroxylation sites is 2. The molecule has 0 saturated carbocycles. The number of rotatable bonds is 5. The summed E-state index contributed by atoms with van der Waals surface area (Å²) in [6.07, 6.45) is 4.06. The molecule has 3 aromatic carbocycles. The predicted molar refractivity (Wildman–Crippen MR) is 120 cm³/mol. The van der Waals surface area contributed by atoms with Crippen LogP contribution in [-0.4, -0.2) is 23.2 Å². The summed E-state index contributed by atoms with van der Waals surface area (Å²) in [5.74, 6) is 0.295. The lowest BCUT2D eigenvalue weighted by Gasteiger charge is -2.21. The Balaban J connectivity index is 1.80. The number of phenols is 1. The van der Waals surface area contributed by atoms with Crippen LogP contribution in [-0.2, 0) is 0 Å². The van der Waals surface area contributed by atoms with Gasteiger partial charge in [0.2, 0.25) is 0 Å². The van der Waals surface area contributed by atoms with Crippen molar-refractivity contribution in [2.24, 2.45) is 0 Å². The first-order valence-electron chi connectivity index (χ1n) is 9.74. The van der Waals surface area contributed by atoms with Crippen molar-refractivity contribution in [1.29, 1.82) is 0 Å². The van der Waals surface area contributed by atoms with Gasteiger partial charge in [0.1, 0.15) is 5.75 Å². The van der Waals surface area contributed by atoms with Crippen LogP contribution in [0.3, 0.4) is 0 Å². The van der Waals surface area contributed by atoms with Crippen LogP contribution in [0.25, 0.3) is 34.0 Å². The van der Waals surface area contributed by atoms with Gasteiger partial charge in [-0.2, -0.15) is 0 Å².